The van der Waals surface area contributed by atoms with E-state index >= 15 is 0 Å². The molecule has 1 unspecified atom stereocenters. The molecule has 1 fully saturated rings. The van der Waals surface area contributed by atoms with Crippen molar-refractivity contribution in [3.8, 4) is 0 Å². The second-order valence-electron chi connectivity index (χ2n) is 6.73. The topological polar surface area (TPSA) is 66.5 Å². The van der Waals surface area contributed by atoms with E-state index in [1.807, 2.05) is 6.92 Å². The third kappa shape index (κ3) is 4.94. The molecule has 5 nitrogen and oxygen atoms in total. The van der Waals surface area contributed by atoms with Gasteiger partial charge < -0.3 is 5.32 Å². The molecule has 0 saturated carbocycles. The lowest BCUT2D eigenvalue weighted by molar-refractivity contribution is -0.126. The first-order valence-corrected chi connectivity index (χ1v) is 11.2. The van der Waals surface area contributed by atoms with Crippen LogP contribution in [0.3, 0.4) is 0 Å². The zero-order valence-corrected chi connectivity index (χ0v) is 16.8. The summed E-state index contributed by atoms with van der Waals surface area (Å²) in [6.45, 7) is 2.97. The van der Waals surface area contributed by atoms with Crippen molar-refractivity contribution in [3.05, 3.63) is 52.7 Å². The van der Waals surface area contributed by atoms with Crippen LogP contribution in [0, 0.1) is 18.7 Å². The smallest absolute Gasteiger partial charge is 0.252 e. The van der Waals surface area contributed by atoms with Crippen molar-refractivity contribution in [2.75, 3.05) is 19.6 Å². The first-order valence-electron chi connectivity index (χ1n) is 8.95. The molecule has 1 aliphatic heterocycles. The van der Waals surface area contributed by atoms with Crippen LogP contribution in [-0.2, 0) is 21.2 Å². The number of carbonyl (C=O) groups is 1. The van der Waals surface area contributed by atoms with Crippen LogP contribution in [0.4, 0.5) is 4.39 Å². The highest BCUT2D eigenvalue weighted by molar-refractivity contribution is 7.91. The Hall–Kier alpha value is -1.77. The molecule has 1 atom stereocenters. The molecule has 0 aliphatic carbocycles. The molecule has 1 aliphatic rings. The molecule has 2 heterocycles. The van der Waals surface area contributed by atoms with Gasteiger partial charge in [0.25, 0.3) is 10.0 Å². The minimum atomic E-state index is -3.54. The number of sulfonamides is 1. The first-order chi connectivity index (χ1) is 12.9. The monoisotopic (exact) mass is 410 g/mol. The van der Waals surface area contributed by atoms with Crippen LogP contribution >= 0.6 is 11.3 Å². The van der Waals surface area contributed by atoms with Crippen LogP contribution in [0.15, 0.2) is 40.6 Å². The largest absolute Gasteiger partial charge is 0.355 e. The highest BCUT2D eigenvalue weighted by Gasteiger charge is 2.33. The van der Waals surface area contributed by atoms with Crippen LogP contribution in [-0.4, -0.2) is 38.3 Å². The number of hydrogen-bond acceptors (Lipinski definition) is 4. The Balaban J connectivity index is 1.55. The second kappa shape index (κ2) is 8.50. The van der Waals surface area contributed by atoms with Gasteiger partial charge in [0.15, 0.2) is 0 Å². The van der Waals surface area contributed by atoms with Gasteiger partial charge in [-0.15, -0.1) is 11.3 Å². The van der Waals surface area contributed by atoms with Crippen molar-refractivity contribution < 1.29 is 17.6 Å². The molecule has 8 heteroatoms. The van der Waals surface area contributed by atoms with E-state index in [0.717, 1.165) is 10.4 Å². The van der Waals surface area contributed by atoms with Crippen LogP contribution < -0.4 is 5.32 Å². The summed E-state index contributed by atoms with van der Waals surface area (Å²) in [5.41, 5.74) is 0.942. The van der Waals surface area contributed by atoms with Crippen molar-refractivity contribution in [2.24, 2.45) is 5.92 Å². The summed E-state index contributed by atoms with van der Waals surface area (Å²) >= 11 is 1.25. The Kier molecular flexibility index (Phi) is 6.29. The third-order valence-electron chi connectivity index (χ3n) is 4.69. The summed E-state index contributed by atoms with van der Waals surface area (Å²) < 4.78 is 40.2. The fraction of sp³-hybridized carbons (Fsp3) is 0.421. The Morgan fingerprint density at radius 3 is 2.67 bits per heavy atom. The minimum Gasteiger partial charge on any atom is -0.355 e. The quantitative estimate of drug-likeness (QED) is 0.796. The van der Waals surface area contributed by atoms with Gasteiger partial charge in [-0.25, -0.2) is 12.8 Å². The lowest BCUT2D eigenvalue weighted by Gasteiger charge is -2.30. The van der Waals surface area contributed by atoms with Gasteiger partial charge in [0, 0.05) is 24.5 Å². The van der Waals surface area contributed by atoms with E-state index in [-0.39, 0.29) is 24.2 Å². The van der Waals surface area contributed by atoms with Crippen molar-refractivity contribution in [1.29, 1.82) is 0 Å². The highest BCUT2D eigenvalue weighted by atomic mass is 32.2. The number of nitrogens with one attached hydrogen (secondary N) is 1. The van der Waals surface area contributed by atoms with Gasteiger partial charge in [0.05, 0.1) is 5.92 Å². The maximum absolute atomic E-state index is 12.9. The molecule has 2 aromatic rings. The maximum Gasteiger partial charge on any atom is 0.252 e. The SMILES string of the molecule is Cc1ccc(S(=O)(=O)N2CCCC(C(=O)NCCc3ccc(F)cc3)C2)s1. The molecule has 146 valence electrons. The highest BCUT2D eigenvalue weighted by Crippen LogP contribution is 2.28. The van der Waals surface area contributed by atoms with Gasteiger partial charge in [-0.2, -0.15) is 4.31 Å². The molecular weight excluding hydrogens is 387 g/mol. The second-order valence-corrected chi connectivity index (χ2v) is 10.2. The molecule has 0 spiro atoms. The van der Waals surface area contributed by atoms with E-state index in [4.69, 9.17) is 0 Å². The molecule has 1 N–H and O–H groups in total. The summed E-state index contributed by atoms with van der Waals surface area (Å²) in [7, 11) is -3.54. The van der Waals surface area contributed by atoms with E-state index in [2.05, 4.69) is 5.32 Å². The van der Waals surface area contributed by atoms with Gasteiger partial charge in [0.1, 0.15) is 10.0 Å². The van der Waals surface area contributed by atoms with Crippen LogP contribution in [0.5, 0.6) is 0 Å². The summed E-state index contributed by atoms with van der Waals surface area (Å²) in [4.78, 5) is 13.4. The molecule has 1 saturated heterocycles. The number of rotatable bonds is 6. The summed E-state index contributed by atoms with van der Waals surface area (Å²) in [5.74, 6) is -0.755. The molecule has 0 bridgehead atoms. The number of aryl methyl sites for hydroxylation is 1. The number of carbonyl (C=O) groups excluding carboxylic acids is 1. The van der Waals surface area contributed by atoms with Crippen LogP contribution in [0.2, 0.25) is 0 Å². The van der Waals surface area contributed by atoms with Crippen molar-refractivity contribution in [1.82, 2.24) is 9.62 Å². The van der Waals surface area contributed by atoms with Gasteiger partial charge in [-0.1, -0.05) is 12.1 Å². The summed E-state index contributed by atoms with van der Waals surface area (Å²) in [6.07, 6.45) is 1.95. The van der Waals surface area contributed by atoms with Gasteiger partial charge in [-0.3, -0.25) is 4.79 Å². The number of thiophene rings is 1. The Morgan fingerprint density at radius 1 is 1.26 bits per heavy atom. The van der Waals surface area contributed by atoms with Gasteiger partial charge >= 0.3 is 0 Å². The van der Waals surface area contributed by atoms with E-state index < -0.39 is 10.0 Å². The predicted octanol–water partition coefficient (Wildman–Crippen LogP) is 2.96. The molecule has 0 radical (unpaired) electrons. The van der Waals surface area contributed by atoms with E-state index in [9.17, 15) is 17.6 Å². The fourth-order valence-electron chi connectivity index (χ4n) is 3.18. The van der Waals surface area contributed by atoms with Crippen molar-refractivity contribution in [3.63, 3.8) is 0 Å². The zero-order valence-electron chi connectivity index (χ0n) is 15.2. The number of benzene rings is 1. The molecular formula is C19H23FN2O3S2. The Bertz CT molecular complexity index is 894. The van der Waals surface area contributed by atoms with E-state index in [1.54, 1.807) is 24.3 Å². The fourth-order valence-corrected chi connectivity index (χ4v) is 6.14. The number of hydrogen-bond donors (Lipinski definition) is 1. The van der Waals surface area contributed by atoms with Crippen LogP contribution in [0.1, 0.15) is 23.3 Å². The minimum absolute atomic E-state index is 0.126. The standard InChI is InChI=1S/C19H23FN2O3S2/c1-14-4-9-18(26-14)27(24,25)22-12-2-3-16(13-22)19(23)21-11-10-15-5-7-17(20)8-6-15/h4-9,16H,2-3,10-13H2,1H3,(H,21,23). The third-order valence-corrected chi connectivity index (χ3v) is 8.02. The Morgan fingerprint density at radius 2 is 2.00 bits per heavy atom. The summed E-state index contributed by atoms with van der Waals surface area (Å²) in [6, 6.07) is 9.60. The zero-order chi connectivity index (χ0) is 19.4. The molecule has 27 heavy (non-hydrogen) atoms. The number of nitrogens with zero attached hydrogens (tertiary/aromatic N) is 1. The Labute approximate surface area is 163 Å². The predicted molar refractivity (Wildman–Crippen MR) is 104 cm³/mol. The maximum atomic E-state index is 12.9. The normalized spacial score (nSPS) is 18.4. The lowest BCUT2D eigenvalue weighted by Crippen LogP contribution is -2.45. The van der Waals surface area contributed by atoms with Crippen molar-refractivity contribution in [2.45, 2.75) is 30.4 Å². The van der Waals surface area contributed by atoms with E-state index in [0.29, 0.717) is 36.6 Å². The van der Waals surface area contributed by atoms with Gasteiger partial charge in [-0.05, 0) is 56.0 Å². The first kappa shape index (κ1) is 20.0. The summed E-state index contributed by atoms with van der Waals surface area (Å²) in [5, 5.41) is 2.88. The lowest BCUT2D eigenvalue weighted by atomic mass is 9.99. The number of halogens is 1. The molecule has 3 rings (SSSR count). The van der Waals surface area contributed by atoms with Crippen LogP contribution in [0.25, 0.3) is 0 Å². The van der Waals surface area contributed by atoms with Crippen molar-refractivity contribution >= 4 is 27.3 Å². The average Bonchev–Trinajstić information content (AvgIpc) is 3.10. The molecule has 1 amide bonds. The number of amides is 1. The van der Waals surface area contributed by atoms with Gasteiger partial charge in [0.2, 0.25) is 5.91 Å². The van der Waals surface area contributed by atoms with E-state index in [1.165, 1.54) is 27.8 Å². The molecule has 1 aromatic carbocycles. The average molecular weight is 411 g/mol. The number of piperidine rings is 1. The molecule has 1 aromatic heterocycles.